The maximum atomic E-state index is 12.5. The maximum absolute atomic E-state index is 12.5. The van der Waals surface area contributed by atoms with Crippen LogP contribution in [0.25, 0.3) is 0 Å². The van der Waals surface area contributed by atoms with E-state index >= 15 is 0 Å². The molecule has 8 heteroatoms. The summed E-state index contributed by atoms with van der Waals surface area (Å²) in [5.41, 5.74) is 0.945. The lowest BCUT2D eigenvalue weighted by Gasteiger charge is -2.29. The number of benzene rings is 1. The van der Waals surface area contributed by atoms with Crippen molar-refractivity contribution in [2.75, 3.05) is 6.61 Å². The summed E-state index contributed by atoms with van der Waals surface area (Å²) >= 11 is 0. The minimum absolute atomic E-state index is 0.149. The van der Waals surface area contributed by atoms with Crippen molar-refractivity contribution in [2.45, 2.75) is 25.4 Å². The van der Waals surface area contributed by atoms with Crippen LogP contribution in [0.1, 0.15) is 28.8 Å². The normalized spacial score (nSPS) is 20.3. The Hall–Kier alpha value is -2.90. The Kier molecular flexibility index (Phi) is 3.73. The number of hydrogen-bond acceptors (Lipinski definition) is 5. The van der Waals surface area contributed by atoms with Crippen LogP contribution in [0.15, 0.2) is 18.2 Å². The third kappa shape index (κ3) is 2.75. The van der Waals surface area contributed by atoms with Gasteiger partial charge in [-0.05, 0) is 18.6 Å². The van der Waals surface area contributed by atoms with Crippen molar-refractivity contribution in [1.29, 1.82) is 0 Å². The molecule has 2 N–H and O–H groups in total. The topological polar surface area (TPSA) is 113 Å². The first-order chi connectivity index (χ1) is 11.0. The second-order valence-electron chi connectivity index (χ2n) is 5.36. The number of carboxylic acid groups (broad SMARTS) is 1. The number of fused-ring (bicyclic) bond motifs is 1. The van der Waals surface area contributed by atoms with Gasteiger partial charge < -0.3 is 14.7 Å². The number of hydrogen-bond donors (Lipinski definition) is 2. The molecule has 2 heterocycles. The molecule has 1 atom stereocenters. The number of aliphatic carboxylic acids is 1. The van der Waals surface area contributed by atoms with E-state index in [2.05, 4.69) is 5.32 Å². The molecule has 8 nitrogen and oxygen atoms in total. The average Bonchev–Trinajstić information content (AvgIpc) is 2.83. The third-order valence-corrected chi connectivity index (χ3v) is 3.89. The van der Waals surface area contributed by atoms with Crippen LogP contribution >= 0.6 is 0 Å². The van der Waals surface area contributed by atoms with Crippen LogP contribution in [-0.4, -0.2) is 46.3 Å². The molecule has 3 amide bonds. The number of amides is 3. The van der Waals surface area contributed by atoms with E-state index in [1.54, 1.807) is 18.2 Å². The first-order valence-corrected chi connectivity index (χ1v) is 7.08. The zero-order valence-electron chi connectivity index (χ0n) is 12.1. The molecule has 0 saturated carbocycles. The van der Waals surface area contributed by atoms with Crippen molar-refractivity contribution >= 4 is 23.7 Å². The molecule has 1 aromatic carbocycles. The maximum Gasteiger partial charge on any atom is 0.341 e. The first-order valence-electron chi connectivity index (χ1n) is 7.08. The van der Waals surface area contributed by atoms with Crippen LogP contribution in [0.2, 0.25) is 0 Å². The lowest BCUT2D eigenvalue weighted by Crippen LogP contribution is -2.52. The number of carbonyl (C=O) groups is 4. The molecule has 23 heavy (non-hydrogen) atoms. The highest BCUT2D eigenvalue weighted by Crippen LogP contribution is 2.33. The lowest BCUT2D eigenvalue weighted by atomic mass is 10.0. The van der Waals surface area contributed by atoms with Gasteiger partial charge in [0.05, 0.1) is 6.54 Å². The van der Waals surface area contributed by atoms with Gasteiger partial charge in [-0.15, -0.1) is 0 Å². The minimum atomic E-state index is -1.12. The molecule has 0 aliphatic carbocycles. The standard InChI is InChI=1S/C15H14N2O6/c18-12-5-4-10(14(21)16-12)17-6-9-8(15(17)22)2-1-3-11(9)23-7-13(19)20/h1-3,10H,4-7H2,(H,19,20)(H,16,18,21). The fourth-order valence-electron chi connectivity index (χ4n) is 2.83. The average molecular weight is 318 g/mol. The Labute approximate surface area is 131 Å². The van der Waals surface area contributed by atoms with Gasteiger partial charge in [0.2, 0.25) is 11.8 Å². The molecule has 1 aromatic rings. The predicted octanol–water partition coefficient (Wildman–Crippen LogP) is -0.0890. The lowest BCUT2D eigenvalue weighted by molar-refractivity contribution is -0.139. The van der Waals surface area contributed by atoms with Crippen molar-refractivity contribution in [3.8, 4) is 5.75 Å². The van der Waals surface area contributed by atoms with Crippen molar-refractivity contribution in [1.82, 2.24) is 10.2 Å². The number of piperidine rings is 1. The number of imide groups is 1. The molecule has 1 fully saturated rings. The highest BCUT2D eigenvalue weighted by molar-refractivity contribution is 6.05. The molecule has 120 valence electrons. The third-order valence-electron chi connectivity index (χ3n) is 3.89. The van der Waals surface area contributed by atoms with Gasteiger partial charge in [-0.25, -0.2) is 4.79 Å². The van der Waals surface area contributed by atoms with Crippen molar-refractivity contribution in [3.05, 3.63) is 29.3 Å². The van der Waals surface area contributed by atoms with Gasteiger partial charge in [0.1, 0.15) is 11.8 Å². The molecule has 2 aliphatic rings. The van der Waals surface area contributed by atoms with Crippen molar-refractivity contribution in [3.63, 3.8) is 0 Å². The molecule has 2 aliphatic heterocycles. The van der Waals surface area contributed by atoms with E-state index in [1.807, 2.05) is 0 Å². The fourth-order valence-corrected chi connectivity index (χ4v) is 2.83. The fraction of sp³-hybridized carbons (Fsp3) is 0.333. The zero-order chi connectivity index (χ0) is 16.6. The largest absolute Gasteiger partial charge is 0.482 e. The summed E-state index contributed by atoms with van der Waals surface area (Å²) in [5.74, 6) is -1.96. The molecule has 1 unspecified atom stereocenters. The summed E-state index contributed by atoms with van der Waals surface area (Å²) in [4.78, 5) is 47.7. The number of carboxylic acids is 1. The molecule has 0 spiro atoms. The van der Waals surface area contributed by atoms with Crippen LogP contribution in [0.4, 0.5) is 0 Å². The smallest absolute Gasteiger partial charge is 0.341 e. The quantitative estimate of drug-likeness (QED) is 0.750. The highest BCUT2D eigenvalue weighted by atomic mass is 16.5. The van der Waals surface area contributed by atoms with Gasteiger partial charge in [0.15, 0.2) is 6.61 Å². The Balaban J connectivity index is 1.84. The van der Waals surface area contributed by atoms with E-state index in [0.717, 1.165) is 0 Å². The highest BCUT2D eigenvalue weighted by Gasteiger charge is 2.40. The number of nitrogens with zero attached hydrogens (tertiary/aromatic N) is 1. The van der Waals surface area contributed by atoms with E-state index in [9.17, 15) is 19.2 Å². The summed E-state index contributed by atoms with van der Waals surface area (Å²) in [7, 11) is 0. The zero-order valence-corrected chi connectivity index (χ0v) is 12.1. The van der Waals surface area contributed by atoms with Gasteiger partial charge in [0, 0.05) is 17.5 Å². The molecular weight excluding hydrogens is 304 g/mol. The van der Waals surface area contributed by atoms with Gasteiger partial charge in [-0.1, -0.05) is 6.07 Å². The van der Waals surface area contributed by atoms with Crippen molar-refractivity contribution < 1.29 is 29.0 Å². The Morgan fingerprint density at radius 2 is 2.13 bits per heavy atom. The molecule has 1 saturated heterocycles. The summed E-state index contributed by atoms with van der Waals surface area (Å²) < 4.78 is 5.21. The van der Waals surface area contributed by atoms with Crippen LogP contribution in [0, 0.1) is 0 Å². The van der Waals surface area contributed by atoms with E-state index in [-0.39, 0.29) is 31.2 Å². The van der Waals surface area contributed by atoms with Gasteiger partial charge in [-0.3, -0.25) is 19.7 Å². The van der Waals surface area contributed by atoms with E-state index in [4.69, 9.17) is 9.84 Å². The van der Waals surface area contributed by atoms with E-state index in [1.165, 1.54) is 4.90 Å². The minimum Gasteiger partial charge on any atom is -0.482 e. The second-order valence-corrected chi connectivity index (χ2v) is 5.36. The monoisotopic (exact) mass is 318 g/mol. The van der Waals surface area contributed by atoms with Crippen LogP contribution in [-0.2, 0) is 20.9 Å². The SMILES string of the molecule is O=C(O)COc1cccc2c1CN(C1CCC(=O)NC1=O)C2=O. The molecule has 0 aromatic heterocycles. The Bertz CT molecular complexity index is 714. The van der Waals surface area contributed by atoms with Crippen molar-refractivity contribution in [2.24, 2.45) is 0 Å². The number of rotatable bonds is 4. The van der Waals surface area contributed by atoms with Crippen LogP contribution in [0.3, 0.4) is 0 Å². The first kappa shape index (κ1) is 15.0. The molecular formula is C15H14N2O6. The summed E-state index contributed by atoms with van der Waals surface area (Å²) in [5, 5.41) is 10.9. The van der Waals surface area contributed by atoms with Gasteiger partial charge >= 0.3 is 5.97 Å². The van der Waals surface area contributed by atoms with Crippen LogP contribution in [0.5, 0.6) is 5.75 Å². The summed E-state index contributed by atoms with van der Waals surface area (Å²) in [6.45, 7) is -0.362. The number of carbonyl (C=O) groups excluding carboxylic acids is 3. The number of ether oxygens (including phenoxy) is 1. The predicted molar refractivity (Wildman–Crippen MR) is 75.6 cm³/mol. The van der Waals surface area contributed by atoms with E-state index in [0.29, 0.717) is 16.9 Å². The Morgan fingerprint density at radius 1 is 1.35 bits per heavy atom. The molecule has 3 rings (SSSR count). The van der Waals surface area contributed by atoms with Crippen LogP contribution < -0.4 is 10.1 Å². The van der Waals surface area contributed by atoms with E-state index < -0.39 is 24.5 Å². The Morgan fingerprint density at radius 3 is 2.83 bits per heavy atom. The van der Waals surface area contributed by atoms with Gasteiger partial charge in [-0.2, -0.15) is 0 Å². The summed E-state index contributed by atoms with van der Waals surface area (Å²) in [6.07, 6.45) is 0.453. The molecule has 0 radical (unpaired) electrons. The number of nitrogens with one attached hydrogen (secondary N) is 1. The molecule has 0 bridgehead atoms. The summed E-state index contributed by atoms with van der Waals surface area (Å²) in [6, 6.07) is 4.09. The van der Waals surface area contributed by atoms with Gasteiger partial charge in [0.25, 0.3) is 5.91 Å². The second kappa shape index (κ2) is 5.71.